The third-order valence-corrected chi connectivity index (χ3v) is 7.48. The molecule has 0 saturated carbocycles. The molecule has 2 amide bonds. The van der Waals surface area contributed by atoms with E-state index in [1.54, 1.807) is 12.2 Å². The first-order chi connectivity index (χ1) is 22.4. The highest BCUT2D eigenvalue weighted by atomic mass is 16.5. The van der Waals surface area contributed by atoms with Gasteiger partial charge in [0.2, 0.25) is 11.8 Å². The second-order valence-corrected chi connectivity index (χ2v) is 11.3. The van der Waals surface area contributed by atoms with Crippen LogP contribution in [0.25, 0.3) is 0 Å². The predicted molar refractivity (Wildman–Crippen MR) is 180 cm³/mol. The number of aliphatic hydroxyl groups is 1. The Morgan fingerprint density at radius 3 is 1.80 bits per heavy atom. The number of rotatable bonds is 21. The van der Waals surface area contributed by atoms with Gasteiger partial charge in [-0.15, -0.1) is 13.2 Å². The van der Waals surface area contributed by atoms with Crippen LogP contribution in [0.5, 0.6) is 0 Å². The molecule has 8 nitrogen and oxygen atoms in total. The van der Waals surface area contributed by atoms with Gasteiger partial charge in [-0.25, -0.2) is 0 Å². The lowest BCUT2D eigenvalue weighted by atomic mass is 9.96. The van der Waals surface area contributed by atoms with Crippen molar-refractivity contribution in [3.63, 3.8) is 0 Å². The summed E-state index contributed by atoms with van der Waals surface area (Å²) in [5.41, 5.74) is 2.96. The van der Waals surface area contributed by atoms with E-state index in [1.165, 1.54) is 0 Å². The van der Waals surface area contributed by atoms with E-state index >= 15 is 0 Å². The van der Waals surface area contributed by atoms with Crippen LogP contribution in [0.4, 0.5) is 0 Å². The Morgan fingerprint density at radius 1 is 0.696 bits per heavy atom. The third kappa shape index (κ3) is 13.2. The van der Waals surface area contributed by atoms with E-state index in [2.05, 4.69) is 23.8 Å². The highest BCUT2D eigenvalue weighted by Gasteiger charge is 2.26. The molecule has 0 bridgehead atoms. The zero-order valence-corrected chi connectivity index (χ0v) is 26.4. The van der Waals surface area contributed by atoms with Crippen LogP contribution in [-0.4, -0.2) is 54.8 Å². The molecule has 3 rings (SSSR count). The fourth-order valence-corrected chi connectivity index (χ4v) is 5.06. The van der Waals surface area contributed by atoms with Gasteiger partial charge in [0.15, 0.2) is 0 Å². The van der Waals surface area contributed by atoms with Crippen molar-refractivity contribution >= 4 is 17.8 Å². The van der Waals surface area contributed by atoms with E-state index in [1.807, 2.05) is 91.0 Å². The molecular weight excluding hydrogens is 580 g/mol. The monoisotopic (exact) mass is 626 g/mol. The van der Waals surface area contributed by atoms with Crippen LogP contribution in [0, 0.1) is 11.8 Å². The van der Waals surface area contributed by atoms with Crippen molar-refractivity contribution in [2.45, 2.75) is 50.8 Å². The number of benzene rings is 3. The van der Waals surface area contributed by atoms with Gasteiger partial charge in [-0.05, 0) is 42.4 Å². The summed E-state index contributed by atoms with van der Waals surface area (Å²) in [5.74, 6) is -2.26. The Kier molecular flexibility index (Phi) is 16.0. The summed E-state index contributed by atoms with van der Waals surface area (Å²) >= 11 is 0. The van der Waals surface area contributed by atoms with Gasteiger partial charge >= 0.3 is 5.97 Å². The van der Waals surface area contributed by atoms with Gasteiger partial charge in [0, 0.05) is 6.42 Å². The van der Waals surface area contributed by atoms with Crippen molar-refractivity contribution in [1.82, 2.24) is 10.6 Å². The first-order valence-electron chi connectivity index (χ1n) is 15.7. The maximum absolute atomic E-state index is 13.5. The van der Waals surface area contributed by atoms with E-state index < -0.39 is 23.9 Å². The van der Waals surface area contributed by atoms with E-state index in [9.17, 15) is 19.5 Å². The number of hydrogen-bond donors (Lipinski definition) is 3. The van der Waals surface area contributed by atoms with Crippen LogP contribution < -0.4 is 10.6 Å². The van der Waals surface area contributed by atoms with Crippen LogP contribution >= 0.6 is 0 Å². The Labute approximate surface area is 272 Å². The van der Waals surface area contributed by atoms with E-state index in [4.69, 9.17) is 9.47 Å². The number of esters is 1. The smallest absolute Gasteiger partial charge is 0.309 e. The molecular formula is C38H46N2O6. The molecule has 0 radical (unpaired) electrons. The van der Waals surface area contributed by atoms with Gasteiger partial charge in [0.05, 0.1) is 43.7 Å². The number of aliphatic hydroxyl groups excluding tert-OH is 1. The van der Waals surface area contributed by atoms with Crippen molar-refractivity contribution in [2.24, 2.45) is 11.8 Å². The van der Waals surface area contributed by atoms with Crippen LogP contribution in [0.15, 0.2) is 116 Å². The molecule has 244 valence electrons. The minimum atomic E-state index is -0.715. The molecule has 0 aliphatic carbocycles. The maximum Gasteiger partial charge on any atom is 0.309 e. The van der Waals surface area contributed by atoms with Gasteiger partial charge < -0.3 is 25.2 Å². The molecule has 3 aromatic rings. The maximum atomic E-state index is 13.5. The van der Waals surface area contributed by atoms with E-state index in [0.717, 1.165) is 16.7 Å². The first-order valence-corrected chi connectivity index (χ1v) is 15.7. The summed E-state index contributed by atoms with van der Waals surface area (Å²) in [5, 5.41) is 15.6. The highest BCUT2D eigenvalue weighted by Crippen LogP contribution is 2.16. The number of allylic oxidation sites excluding steroid dienone is 2. The number of nitrogens with one attached hydrogen (secondary N) is 2. The van der Waals surface area contributed by atoms with E-state index in [-0.39, 0.29) is 50.4 Å². The molecule has 0 aliphatic heterocycles. The number of hydrogen-bond acceptors (Lipinski definition) is 6. The number of carbonyl (C=O) groups excluding carboxylic acids is 3. The lowest BCUT2D eigenvalue weighted by Crippen LogP contribution is -2.46. The summed E-state index contributed by atoms with van der Waals surface area (Å²) in [6, 6.07) is 27.7. The number of carbonyl (C=O) groups is 3. The fraction of sp³-hybridized carbons (Fsp3) is 0.342. The van der Waals surface area contributed by atoms with E-state index in [0.29, 0.717) is 25.9 Å². The summed E-state index contributed by atoms with van der Waals surface area (Å²) in [6.45, 7) is 7.63. The third-order valence-electron chi connectivity index (χ3n) is 7.48. The van der Waals surface area contributed by atoms with Gasteiger partial charge in [-0.1, -0.05) is 103 Å². The molecule has 0 fully saturated rings. The quantitative estimate of drug-likeness (QED) is 0.114. The van der Waals surface area contributed by atoms with Crippen molar-refractivity contribution in [3.05, 3.63) is 133 Å². The number of amides is 2. The largest absolute Gasteiger partial charge is 0.463 e. The van der Waals surface area contributed by atoms with Crippen molar-refractivity contribution in [3.8, 4) is 0 Å². The topological polar surface area (TPSA) is 114 Å². The molecule has 3 aromatic carbocycles. The fourth-order valence-electron chi connectivity index (χ4n) is 5.06. The molecule has 46 heavy (non-hydrogen) atoms. The summed E-state index contributed by atoms with van der Waals surface area (Å²) in [4.78, 5) is 39.6. The highest BCUT2D eigenvalue weighted by molar-refractivity contribution is 5.86. The normalized spacial score (nSPS) is 13.4. The SMILES string of the molecule is C=CC[C@H](CC(=O)N[C@@H](CO)Cc1ccccc1)C(=O)N[C@@H](COCc1ccccc1)COC(=O)[C@@H](CC=C)Cc1ccccc1. The van der Waals surface area contributed by atoms with Crippen molar-refractivity contribution in [1.29, 1.82) is 0 Å². The average Bonchev–Trinajstić information content (AvgIpc) is 3.07. The molecule has 0 spiro atoms. The molecule has 3 N–H and O–H groups in total. The lowest BCUT2D eigenvalue weighted by Gasteiger charge is -2.24. The van der Waals surface area contributed by atoms with Crippen LogP contribution in [0.1, 0.15) is 36.0 Å². The van der Waals surface area contributed by atoms with Gasteiger partial charge in [0.25, 0.3) is 0 Å². The van der Waals surface area contributed by atoms with Crippen LogP contribution in [-0.2, 0) is 43.3 Å². The molecule has 0 unspecified atom stereocenters. The minimum absolute atomic E-state index is 0.0927. The Balaban J connectivity index is 1.63. The molecule has 0 heterocycles. The molecule has 4 atom stereocenters. The van der Waals surface area contributed by atoms with Crippen molar-refractivity contribution < 1.29 is 29.0 Å². The zero-order chi connectivity index (χ0) is 33.0. The molecule has 0 aromatic heterocycles. The summed E-state index contributed by atoms with van der Waals surface area (Å²) in [7, 11) is 0. The standard InChI is InChI=1S/C38H46N2O6/c1-3-14-32(24-36(42)39-34(25-41)23-30-18-10-6-11-19-30)37(43)40-35(27-45-26-31-20-12-7-13-21-31)28-46-38(44)33(15-4-2)22-29-16-8-5-9-17-29/h3-13,16-21,32-35,41H,1-2,14-15,22-28H2,(H,39,42)(H,40,43)/t32-,33+,34-,35+/m1/s1. The summed E-state index contributed by atoms with van der Waals surface area (Å²) in [6.07, 6.45) is 4.87. The Bertz CT molecular complexity index is 1350. The van der Waals surface area contributed by atoms with Crippen molar-refractivity contribution in [2.75, 3.05) is 19.8 Å². The van der Waals surface area contributed by atoms with Gasteiger partial charge in [-0.2, -0.15) is 0 Å². The average molecular weight is 627 g/mol. The zero-order valence-electron chi connectivity index (χ0n) is 26.4. The first kappa shape index (κ1) is 35.9. The van der Waals surface area contributed by atoms with Gasteiger partial charge in [-0.3, -0.25) is 14.4 Å². The van der Waals surface area contributed by atoms with Crippen LogP contribution in [0.2, 0.25) is 0 Å². The second kappa shape index (κ2) is 20.5. The second-order valence-electron chi connectivity index (χ2n) is 11.3. The molecule has 8 heteroatoms. The van der Waals surface area contributed by atoms with Gasteiger partial charge in [0.1, 0.15) is 6.61 Å². The number of ether oxygens (including phenoxy) is 2. The predicted octanol–water partition coefficient (Wildman–Crippen LogP) is 4.97. The lowest BCUT2D eigenvalue weighted by molar-refractivity contribution is -0.150. The van der Waals surface area contributed by atoms with Crippen LogP contribution in [0.3, 0.4) is 0 Å². The molecule has 0 saturated heterocycles. The Morgan fingerprint density at radius 2 is 1.24 bits per heavy atom. The summed E-state index contributed by atoms with van der Waals surface area (Å²) < 4.78 is 11.6. The Hall–Kier alpha value is -4.53. The minimum Gasteiger partial charge on any atom is -0.463 e. The molecule has 0 aliphatic rings.